The van der Waals surface area contributed by atoms with Crippen molar-refractivity contribution < 1.29 is 22.8 Å². The van der Waals surface area contributed by atoms with Gasteiger partial charge in [0.1, 0.15) is 0 Å². The molecule has 0 rings (SSSR count). The number of hydrogen-bond donors (Lipinski definition) is 1. The Bertz CT molecular complexity index is 286. The molecule has 0 bridgehead atoms. The Hall–Kier alpha value is -0.733. The van der Waals surface area contributed by atoms with Gasteiger partial charge in [0, 0.05) is 52.7 Å². The van der Waals surface area contributed by atoms with E-state index in [9.17, 15) is 4.79 Å². The number of hydrogen-bond acceptors (Lipinski definition) is 5. The molecule has 118 valence electrons. The summed E-state index contributed by atoms with van der Waals surface area (Å²) in [6.07, 6.45) is 1.60. The molecule has 0 saturated carbocycles. The lowest BCUT2D eigenvalue weighted by Gasteiger charge is -2.24. The van der Waals surface area contributed by atoms with E-state index in [0.29, 0.717) is 25.3 Å². The van der Waals surface area contributed by atoms with Crippen molar-refractivity contribution in [1.29, 1.82) is 0 Å². The highest BCUT2D eigenvalue weighted by molar-refractivity contribution is 6.60. The summed E-state index contributed by atoms with van der Waals surface area (Å²) in [5.41, 5.74) is 0.519. The minimum Gasteiger partial charge on any atom is -0.381 e. The van der Waals surface area contributed by atoms with Crippen LogP contribution in [0, 0.1) is 0 Å². The topological polar surface area (TPSA) is 66.0 Å². The fourth-order valence-electron chi connectivity index (χ4n) is 1.58. The molecular weight excluding hydrogens is 278 g/mol. The second-order valence-electron chi connectivity index (χ2n) is 4.40. The van der Waals surface area contributed by atoms with Crippen molar-refractivity contribution in [3.05, 3.63) is 12.2 Å². The van der Waals surface area contributed by atoms with Crippen molar-refractivity contribution in [3.63, 3.8) is 0 Å². The Labute approximate surface area is 122 Å². The highest BCUT2D eigenvalue weighted by atomic mass is 28.4. The van der Waals surface area contributed by atoms with Crippen LogP contribution in [0.4, 0.5) is 0 Å². The van der Waals surface area contributed by atoms with Gasteiger partial charge in [-0.3, -0.25) is 4.79 Å². The Kier molecular flexibility index (Phi) is 10.6. The van der Waals surface area contributed by atoms with Gasteiger partial charge in [-0.1, -0.05) is 6.58 Å². The minimum atomic E-state index is -2.47. The third kappa shape index (κ3) is 7.76. The van der Waals surface area contributed by atoms with Crippen molar-refractivity contribution in [2.45, 2.75) is 25.8 Å². The standard InChI is InChI=1S/C13H27NO5Si/c1-12(2)13(15)14-8-6-9-19-10-7-11-20(16-3,17-4)18-5/h1,6-11H2,2-5H3,(H,14,15). The first-order valence-electron chi connectivity index (χ1n) is 6.68. The van der Waals surface area contributed by atoms with Crippen LogP contribution in [0.3, 0.4) is 0 Å². The first-order chi connectivity index (χ1) is 9.51. The molecular formula is C13H27NO5Si. The molecule has 0 aliphatic carbocycles. The summed E-state index contributed by atoms with van der Waals surface area (Å²) in [6, 6.07) is 0.725. The maximum absolute atomic E-state index is 11.2. The van der Waals surface area contributed by atoms with E-state index in [0.717, 1.165) is 18.9 Å². The van der Waals surface area contributed by atoms with Gasteiger partial charge in [0.25, 0.3) is 0 Å². The SMILES string of the molecule is C=C(C)C(=O)NCCCOCCC[Si](OC)(OC)OC. The molecule has 6 nitrogen and oxygen atoms in total. The van der Waals surface area contributed by atoms with E-state index in [1.165, 1.54) is 0 Å². The molecule has 0 atom stereocenters. The van der Waals surface area contributed by atoms with Crippen molar-refractivity contribution in [2.24, 2.45) is 0 Å². The molecule has 0 aliphatic heterocycles. The van der Waals surface area contributed by atoms with Crippen LogP contribution in [0.2, 0.25) is 6.04 Å². The van der Waals surface area contributed by atoms with Gasteiger partial charge in [-0.25, -0.2) is 0 Å². The van der Waals surface area contributed by atoms with Crippen molar-refractivity contribution >= 4 is 14.7 Å². The molecule has 20 heavy (non-hydrogen) atoms. The van der Waals surface area contributed by atoms with E-state index >= 15 is 0 Å². The van der Waals surface area contributed by atoms with Crippen LogP contribution in [0.15, 0.2) is 12.2 Å². The highest BCUT2D eigenvalue weighted by Gasteiger charge is 2.36. The summed E-state index contributed by atoms with van der Waals surface area (Å²) >= 11 is 0. The zero-order valence-corrected chi connectivity index (χ0v) is 14.0. The second-order valence-corrected chi connectivity index (χ2v) is 7.49. The quantitative estimate of drug-likeness (QED) is 0.335. The van der Waals surface area contributed by atoms with Crippen LogP contribution in [-0.4, -0.2) is 55.8 Å². The maximum atomic E-state index is 11.2. The lowest BCUT2D eigenvalue weighted by Crippen LogP contribution is -2.42. The summed E-state index contributed by atoms with van der Waals surface area (Å²) in [6.45, 7) is 7.08. The first kappa shape index (κ1) is 19.3. The first-order valence-corrected chi connectivity index (χ1v) is 8.61. The molecule has 0 unspecified atom stereocenters. The van der Waals surface area contributed by atoms with Crippen molar-refractivity contribution in [3.8, 4) is 0 Å². The van der Waals surface area contributed by atoms with Gasteiger partial charge in [-0.2, -0.15) is 0 Å². The third-order valence-corrected chi connectivity index (χ3v) is 5.68. The van der Waals surface area contributed by atoms with Gasteiger partial charge in [0.2, 0.25) is 5.91 Å². The molecule has 0 fully saturated rings. The van der Waals surface area contributed by atoms with Gasteiger partial charge in [-0.05, 0) is 19.8 Å². The van der Waals surface area contributed by atoms with Gasteiger partial charge in [-0.15, -0.1) is 0 Å². The number of nitrogens with one attached hydrogen (secondary N) is 1. The largest absolute Gasteiger partial charge is 0.500 e. The van der Waals surface area contributed by atoms with Crippen molar-refractivity contribution in [2.75, 3.05) is 41.1 Å². The van der Waals surface area contributed by atoms with Crippen molar-refractivity contribution in [1.82, 2.24) is 5.32 Å². The minimum absolute atomic E-state index is 0.110. The molecule has 0 aromatic rings. The van der Waals surface area contributed by atoms with E-state index in [-0.39, 0.29) is 5.91 Å². The van der Waals surface area contributed by atoms with E-state index in [1.807, 2.05) is 0 Å². The number of rotatable bonds is 12. The predicted molar refractivity (Wildman–Crippen MR) is 79.5 cm³/mol. The molecule has 0 aliphatic rings. The molecule has 0 spiro atoms. The van der Waals surface area contributed by atoms with E-state index in [2.05, 4.69) is 11.9 Å². The van der Waals surface area contributed by atoms with E-state index in [1.54, 1.807) is 28.3 Å². The van der Waals surface area contributed by atoms with Crippen LogP contribution >= 0.6 is 0 Å². The van der Waals surface area contributed by atoms with Gasteiger partial charge in [0.15, 0.2) is 0 Å². The average Bonchev–Trinajstić information content (AvgIpc) is 2.46. The average molecular weight is 305 g/mol. The molecule has 0 aromatic heterocycles. The highest BCUT2D eigenvalue weighted by Crippen LogP contribution is 2.14. The summed E-state index contributed by atoms with van der Waals surface area (Å²) in [5, 5.41) is 2.75. The van der Waals surface area contributed by atoms with E-state index < -0.39 is 8.80 Å². The van der Waals surface area contributed by atoms with Gasteiger partial charge >= 0.3 is 8.80 Å². The van der Waals surface area contributed by atoms with Crippen LogP contribution in [0.25, 0.3) is 0 Å². The lowest BCUT2D eigenvalue weighted by molar-refractivity contribution is -0.117. The van der Waals surface area contributed by atoms with Gasteiger partial charge in [0.05, 0.1) is 0 Å². The predicted octanol–water partition coefficient (Wildman–Crippen LogP) is 1.35. The second kappa shape index (κ2) is 11.0. The third-order valence-electron chi connectivity index (χ3n) is 2.84. The van der Waals surface area contributed by atoms with E-state index in [4.69, 9.17) is 18.0 Å². The number of ether oxygens (including phenoxy) is 1. The Morgan fingerprint density at radius 1 is 1.10 bits per heavy atom. The molecule has 0 radical (unpaired) electrons. The van der Waals surface area contributed by atoms with Crippen LogP contribution in [-0.2, 0) is 22.8 Å². The molecule has 1 N–H and O–H groups in total. The molecule has 0 saturated heterocycles. The fraction of sp³-hybridized carbons (Fsp3) is 0.769. The van der Waals surface area contributed by atoms with Crippen LogP contribution in [0.1, 0.15) is 19.8 Å². The number of carbonyl (C=O) groups excluding carboxylic acids is 1. The summed E-state index contributed by atoms with van der Waals surface area (Å²) in [4.78, 5) is 11.2. The fourth-order valence-corrected chi connectivity index (χ4v) is 3.27. The molecule has 7 heteroatoms. The Morgan fingerprint density at radius 3 is 2.15 bits per heavy atom. The Morgan fingerprint density at radius 2 is 1.65 bits per heavy atom. The van der Waals surface area contributed by atoms with Crippen LogP contribution in [0.5, 0.6) is 0 Å². The molecule has 1 amide bonds. The number of amides is 1. The van der Waals surface area contributed by atoms with Gasteiger partial charge < -0.3 is 23.3 Å². The maximum Gasteiger partial charge on any atom is 0.500 e. The summed E-state index contributed by atoms with van der Waals surface area (Å²) in [5.74, 6) is -0.110. The zero-order valence-electron chi connectivity index (χ0n) is 13.0. The lowest BCUT2D eigenvalue weighted by atomic mass is 10.3. The number of carbonyl (C=O) groups is 1. The van der Waals surface area contributed by atoms with Crippen LogP contribution < -0.4 is 5.32 Å². The normalized spacial score (nSPS) is 11.4. The smallest absolute Gasteiger partial charge is 0.381 e. The summed E-state index contributed by atoms with van der Waals surface area (Å²) in [7, 11) is 2.34. The zero-order chi connectivity index (χ0) is 15.4. The molecule has 0 aromatic carbocycles. The Balaban J connectivity index is 3.54. The molecule has 0 heterocycles. The summed E-state index contributed by atoms with van der Waals surface area (Å²) < 4.78 is 21.4. The monoisotopic (exact) mass is 305 g/mol.